The van der Waals surface area contributed by atoms with Crippen LogP contribution in [0, 0.1) is 0 Å². The maximum Gasteiger partial charge on any atom is 0.335 e. The number of carbonyl (C=O) groups excluding carboxylic acids is 1. The molecule has 1 aromatic heterocycles. The average molecular weight is 580 g/mol. The molecule has 0 aliphatic heterocycles. The fourth-order valence-electron chi connectivity index (χ4n) is 5.76. The Kier molecular flexibility index (Phi) is 7.68. The number of primary amides is 1. The number of halogens is 1. The highest BCUT2D eigenvalue weighted by Gasteiger charge is 2.23. The summed E-state index contributed by atoms with van der Waals surface area (Å²) in [5, 5.41) is 10.1. The van der Waals surface area contributed by atoms with Crippen LogP contribution in [0.25, 0.3) is 33.5 Å². The van der Waals surface area contributed by atoms with Gasteiger partial charge in [-0.25, -0.2) is 9.78 Å². The van der Waals surface area contributed by atoms with Crippen molar-refractivity contribution < 1.29 is 19.4 Å². The third-order valence-corrected chi connectivity index (χ3v) is 8.18. The summed E-state index contributed by atoms with van der Waals surface area (Å²) in [6.45, 7) is 0.287. The number of aromatic nitrogens is 2. The fraction of sp³-hybridized carbons (Fsp3) is 0.206. The van der Waals surface area contributed by atoms with Crippen LogP contribution in [0.15, 0.2) is 84.9 Å². The van der Waals surface area contributed by atoms with E-state index in [1.807, 2.05) is 48.5 Å². The Morgan fingerprint density at radius 1 is 0.881 bits per heavy atom. The van der Waals surface area contributed by atoms with Crippen LogP contribution < -0.4 is 10.5 Å². The summed E-state index contributed by atoms with van der Waals surface area (Å²) in [5.41, 5.74) is 11.4. The first kappa shape index (κ1) is 27.5. The Hall–Kier alpha value is -4.62. The van der Waals surface area contributed by atoms with Gasteiger partial charge in [-0.15, -0.1) is 0 Å². The number of hydrogen-bond donors (Lipinski definition) is 2. The van der Waals surface area contributed by atoms with Gasteiger partial charge in [0.25, 0.3) is 0 Å². The van der Waals surface area contributed by atoms with Crippen molar-refractivity contribution in [2.45, 2.75) is 44.8 Å². The van der Waals surface area contributed by atoms with Crippen LogP contribution in [0.3, 0.4) is 0 Å². The highest BCUT2D eigenvalue weighted by Crippen LogP contribution is 2.37. The van der Waals surface area contributed by atoms with E-state index in [1.165, 1.54) is 19.3 Å². The van der Waals surface area contributed by atoms with E-state index in [9.17, 15) is 14.7 Å². The highest BCUT2D eigenvalue weighted by molar-refractivity contribution is 6.30. The van der Waals surface area contributed by atoms with Gasteiger partial charge >= 0.3 is 5.97 Å². The van der Waals surface area contributed by atoms with E-state index in [1.54, 1.807) is 36.4 Å². The van der Waals surface area contributed by atoms with Crippen molar-refractivity contribution in [3.05, 3.63) is 107 Å². The van der Waals surface area contributed by atoms with Gasteiger partial charge in [0.2, 0.25) is 5.91 Å². The van der Waals surface area contributed by atoms with Crippen LogP contribution in [0.5, 0.6) is 5.75 Å². The number of rotatable bonds is 8. The molecule has 3 N–H and O–H groups in total. The number of imidazole rings is 1. The van der Waals surface area contributed by atoms with Gasteiger partial charge < -0.3 is 20.1 Å². The zero-order valence-corrected chi connectivity index (χ0v) is 23.7. The first-order valence-electron chi connectivity index (χ1n) is 14.0. The summed E-state index contributed by atoms with van der Waals surface area (Å²) < 4.78 is 8.47. The van der Waals surface area contributed by atoms with Gasteiger partial charge in [0, 0.05) is 22.2 Å². The van der Waals surface area contributed by atoms with Crippen molar-refractivity contribution in [2.24, 2.45) is 5.73 Å². The summed E-state index contributed by atoms with van der Waals surface area (Å²) in [6, 6.07) is 26.1. The fourth-order valence-corrected chi connectivity index (χ4v) is 5.89. The maximum absolute atomic E-state index is 11.8. The van der Waals surface area contributed by atoms with Gasteiger partial charge in [0.1, 0.15) is 18.2 Å². The number of benzene rings is 4. The molecule has 4 aromatic carbocycles. The number of fused-ring (bicyclic) bond motifs is 1. The lowest BCUT2D eigenvalue weighted by Crippen LogP contribution is -2.14. The second kappa shape index (κ2) is 11.7. The molecule has 0 radical (unpaired) electrons. The molecule has 1 amide bonds. The molecule has 1 aliphatic rings. The molecular weight excluding hydrogens is 550 g/mol. The first-order valence-corrected chi connectivity index (χ1v) is 14.4. The molecule has 1 aliphatic carbocycles. The Bertz CT molecular complexity index is 1770. The number of ether oxygens (including phenoxy) is 1. The van der Waals surface area contributed by atoms with Crippen LogP contribution >= 0.6 is 11.6 Å². The molecule has 42 heavy (non-hydrogen) atoms. The van der Waals surface area contributed by atoms with Crippen LogP contribution in [0.1, 0.15) is 64.4 Å². The number of nitrogens with two attached hydrogens (primary N) is 1. The maximum atomic E-state index is 11.8. The van der Waals surface area contributed by atoms with Gasteiger partial charge in [-0.05, 0) is 96.3 Å². The van der Waals surface area contributed by atoms with Gasteiger partial charge in [-0.2, -0.15) is 0 Å². The van der Waals surface area contributed by atoms with Gasteiger partial charge in [0.05, 0.1) is 16.6 Å². The second-order valence-corrected chi connectivity index (χ2v) is 11.1. The normalized spacial score (nSPS) is 13.7. The molecule has 8 heteroatoms. The third-order valence-electron chi connectivity index (χ3n) is 7.93. The minimum Gasteiger partial charge on any atom is -0.489 e. The number of carboxylic acid groups (broad SMARTS) is 1. The van der Waals surface area contributed by atoms with E-state index < -0.39 is 11.9 Å². The lowest BCUT2D eigenvalue weighted by molar-refractivity contribution is 0.0696. The van der Waals surface area contributed by atoms with Crippen molar-refractivity contribution in [3.63, 3.8) is 0 Å². The molecule has 0 bridgehead atoms. The molecule has 0 atom stereocenters. The van der Waals surface area contributed by atoms with E-state index in [0.717, 1.165) is 46.4 Å². The van der Waals surface area contributed by atoms with Crippen LogP contribution in [-0.4, -0.2) is 26.5 Å². The lowest BCUT2D eigenvalue weighted by Gasteiger charge is -2.25. The third kappa shape index (κ3) is 5.60. The van der Waals surface area contributed by atoms with Crippen LogP contribution in [-0.2, 0) is 6.61 Å². The number of carboxylic acids is 1. The molecule has 1 fully saturated rings. The Labute approximate surface area is 248 Å². The number of nitrogens with zero attached hydrogens (tertiary/aromatic N) is 2. The Balaban J connectivity index is 1.29. The van der Waals surface area contributed by atoms with Crippen molar-refractivity contribution in [1.29, 1.82) is 0 Å². The lowest BCUT2D eigenvalue weighted by atomic mass is 9.95. The van der Waals surface area contributed by atoms with Crippen LogP contribution in [0.2, 0.25) is 5.02 Å². The first-order chi connectivity index (χ1) is 20.4. The van der Waals surface area contributed by atoms with Crippen molar-refractivity contribution in [2.75, 3.05) is 0 Å². The van der Waals surface area contributed by atoms with Crippen LogP contribution in [0.4, 0.5) is 0 Å². The minimum absolute atomic E-state index is 0.230. The zero-order chi connectivity index (χ0) is 29.2. The summed E-state index contributed by atoms with van der Waals surface area (Å²) in [5.74, 6) is 0.0636. The van der Waals surface area contributed by atoms with E-state index in [-0.39, 0.29) is 12.2 Å². The van der Waals surface area contributed by atoms with Gasteiger partial charge in [-0.1, -0.05) is 49.1 Å². The SMILES string of the molecule is NC(=O)c1ccc(COc2ccc(-c3nc4cc(C(=O)O)ccc4n3C3CCCCC3)cc2)c(-c2ccc(Cl)cc2)c1. The number of aromatic carboxylic acids is 1. The molecule has 7 nitrogen and oxygen atoms in total. The van der Waals surface area contributed by atoms with E-state index in [2.05, 4.69) is 4.57 Å². The predicted molar refractivity (Wildman–Crippen MR) is 164 cm³/mol. The second-order valence-electron chi connectivity index (χ2n) is 10.7. The van der Waals surface area contributed by atoms with Crippen molar-refractivity contribution in [1.82, 2.24) is 9.55 Å². The molecule has 0 saturated heterocycles. The minimum atomic E-state index is -0.962. The quantitative estimate of drug-likeness (QED) is 0.194. The zero-order valence-electron chi connectivity index (χ0n) is 22.9. The Morgan fingerprint density at radius 2 is 1.57 bits per heavy atom. The summed E-state index contributed by atoms with van der Waals surface area (Å²) in [4.78, 5) is 28.4. The molecular formula is C34H30ClN3O4. The smallest absolute Gasteiger partial charge is 0.335 e. The van der Waals surface area contributed by atoms with E-state index in [4.69, 9.17) is 27.1 Å². The topological polar surface area (TPSA) is 107 Å². The summed E-state index contributed by atoms with van der Waals surface area (Å²) >= 11 is 6.09. The highest BCUT2D eigenvalue weighted by atomic mass is 35.5. The predicted octanol–water partition coefficient (Wildman–Crippen LogP) is 7.91. The average Bonchev–Trinajstić information content (AvgIpc) is 3.40. The monoisotopic (exact) mass is 579 g/mol. The summed E-state index contributed by atoms with van der Waals surface area (Å²) in [7, 11) is 0. The number of amides is 1. The molecule has 5 aromatic rings. The molecule has 6 rings (SSSR count). The number of hydrogen-bond acceptors (Lipinski definition) is 4. The molecule has 1 heterocycles. The Morgan fingerprint density at radius 3 is 2.26 bits per heavy atom. The molecule has 0 unspecified atom stereocenters. The van der Waals surface area contributed by atoms with Gasteiger partial charge in [-0.3, -0.25) is 4.79 Å². The summed E-state index contributed by atoms with van der Waals surface area (Å²) in [6.07, 6.45) is 5.72. The van der Waals surface area contributed by atoms with Crippen molar-refractivity contribution in [3.8, 4) is 28.3 Å². The molecule has 0 spiro atoms. The van der Waals surface area contributed by atoms with E-state index in [0.29, 0.717) is 27.9 Å². The molecule has 1 saturated carbocycles. The standard InChI is InChI=1S/C34H30ClN3O4/c35-26-13-8-21(9-14-26)29-18-23(32(36)39)6-7-25(29)20-42-28-15-10-22(11-16-28)33-37-30-19-24(34(40)41)12-17-31(30)38(33)27-4-2-1-3-5-27/h6-19,27H,1-5,20H2,(H2,36,39)(H,40,41). The number of carbonyl (C=O) groups is 2. The largest absolute Gasteiger partial charge is 0.489 e. The van der Waals surface area contributed by atoms with Crippen molar-refractivity contribution >= 4 is 34.5 Å². The molecule has 212 valence electrons. The van der Waals surface area contributed by atoms with E-state index >= 15 is 0 Å². The van der Waals surface area contributed by atoms with Gasteiger partial charge in [0.15, 0.2) is 0 Å².